The van der Waals surface area contributed by atoms with Gasteiger partial charge in [0.2, 0.25) is 0 Å². The number of carbonyl (C=O) groups is 1. The average Bonchev–Trinajstić information content (AvgIpc) is 2.94. The average molecular weight is 309 g/mol. The predicted molar refractivity (Wildman–Crippen MR) is 82.5 cm³/mol. The van der Waals surface area contributed by atoms with Crippen molar-refractivity contribution in [1.82, 2.24) is 4.90 Å². The molecular weight excluding hydrogens is 286 g/mol. The molecule has 4 nitrogen and oxygen atoms in total. The maximum absolute atomic E-state index is 12.7. The number of amides is 1. The van der Waals surface area contributed by atoms with Crippen molar-refractivity contribution in [2.75, 3.05) is 20.2 Å². The zero-order valence-corrected chi connectivity index (χ0v) is 13.3. The number of hydrogen-bond acceptors (Lipinski definition) is 4. The van der Waals surface area contributed by atoms with Gasteiger partial charge >= 0.3 is 0 Å². The van der Waals surface area contributed by atoms with Crippen LogP contribution in [-0.4, -0.2) is 41.7 Å². The molecule has 116 valence electrons. The summed E-state index contributed by atoms with van der Waals surface area (Å²) in [5, 5.41) is 12.7. The van der Waals surface area contributed by atoms with E-state index in [1.165, 1.54) is 17.8 Å². The number of thiophene rings is 1. The van der Waals surface area contributed by atoms with Gasteiger partial charge < -0.3 is 14.7 Å². The number of piperidine rings is 1. The van der Waals surface area contributed by atoms with Crippen molar-refractivity contribution in [3.8, 4) is 0 Å². The summed E-state index contributed by atoms with van der Waals surface area (Å²) in [6.45, 7) is 1.83. The fourth-order valence-electron chi connectivity index (χ4n) is 3.69. The normalized spacial score (nSPS) is 29.2. The van der Waals surface area contributed by atoms with E-state index in [1.807, 2.05) is 16.3 Å². The van der Waals surface area contributed by atoms with Gasteiger partial charge in [0, 0.05) is 31.7 Å². The van der Waals surface area contributed by atoms with Crippen molar-refractivity contribution in [3.63, 3.8) is 0 Å². The van der Waals surface area contributed by atoms with Gasteiger partial charge in [-0.1, -0.05) is 12.8 Å². The maximum Gasteiger partial charge on any atom is 0.264 e. The first-order valence-electron chi connectivity index (χ1n) is 7.71. The summed E-state index contributed by atoms with van der Waals surface area (Å²) in [6.07, 6.45) is 4.93. The minimum atomic E-state index is -0.528. The van der Waals surface area contributed by atoms with E-state index in [4.69, 9.17) is 4.74 Å². The molecule has 5 heteroatoms. The quantitative estimate of drug-likeness (QED) is 0.934. The molecule has 3 rings (SSSR count). The Kier molecular flexibility index (Phi) is 4.33. The highest BCUT2D eigenvalue weighted by Crippen LogP contribution is 2.40. The zero-order chi connectivity index (χ0) is 14.9. The molecule has 2 unspecified atom stereocenters. The molecule has 2 fully saturated rings. The molecule has 1 aromatic rings. The van der Waals surface area contributed by atoms with Crippen LogP contribution in [0, 0.1) is 5.92 Å². The summed E-state index contributed by atoms with van der Waals surface area (Å²) < 4.78 is 5.16. The largest absolute Gasteiger partial charge is 0.389 e. The second-order valence-electron chi connectivity index (χ2n) is 6.26. The van der Waals surface area contributed by atoms with E-state index < -0.39 is 5.60 Å². The number of nitrogens with zero attached hydrogens (tertiary/aromatic N) is 1. The van der Waals surface area contributed by atoms with Gasteiger partial charge in [0.25, 0.3) is 5.91 Å². The number of methoxy groups -OCH3 is 1. The van der Waals surface area contributed by atoms with E-state index in [0.717, 1.165) is 29.7 Å². The molecule has 1 aliphatic heterocycles. The van der Waals surface area contributed by atoms with E-state index in [1.54, 1.807) is 7.11 Å². The summed E-state index contributed by atoms with van der Waals surface area (Å²) >= 11 is 1.49. The molecule has 21 heavy (non-hydrogen) atoms. The molecule has 0 radical (unpaired) electrons. The number of ether oxygens (including phenoxy) is 1. The third-order valence-corrected chi connectivity index (χ3v) is 5.90. The molecule has 2 heterocycles. The van der Waals surface area contributed by atoms with Gasteiger partial charge in [0.1, 0.15) is 0 Å². The summed E-state index contributed by atoms with van der Waals surface area (Å²) in [4.78, 5) is 15.5. The summed E-state index contributed by atoms with van der Waals surface area (Å²) in [7, 11) is 1.65. The highest BCUT2D eigenvalue weighted by molar-refractivity contribution is 7.12. The minimum Gasteiger partial charge on any atom is -0.389 e. The number of likely N-dealkylation sites (tertiary alicyclic amines) is 1. The Hall–Kier alpha value is -0.910. The number of aliphatic hydroxyl groups is 1. The van der Waals surface area contributed by atoms with Crippen molar-refractivity contribution >= 4 is 17.2 Å². The minimum absolute atomic E-state index is 0.102. The van der Waals surface area contributed by atoms with Gasteiger partial charge in [0.05, 0.1) is 17.1 Å². The first-order valence-corrected chi connectivity index (χ1v) is 8.59. The zero-order valence-electron chi connectivity index (χ0n) is 12.5. The lowest BCUT2D eigenvalue weighted by Gasteiger charge is -2.47. The van der Waals surface area contributed by atoms with Gasteiger partial charge in [-0.3, -0.25) is 4.79 Å². The van der Waals surface area contributed by atoms with E-state index in [-0.39, 0.29) is 11.8 Å². The number of carbonyl (C=O) groups excluding carboxylic acids is 1. The fraction of sp³-hybridized carbons (Fsp3) is 0.688. The lowest BCUT2D eigenvalue weighted by Crippen LogP contribution is -2.54. The fourth-order valence-corrected chi connectivity index (χ4v) is 4.57. The lowest BCUT2D eigenvalue weighted by atomic mass is 9.71. The molecule has 1 N–H and O–H groups in total. The molecular formula is C16H23NO3S. The first-order chi connectivity index (χ1) is 10.1. The standard InChI is InChI=1S/C16H23NO3S/c1-20-11-12-5-9-21-14(12)15(18)17-8-7-16(19)6-3-2-4-13(16)10-17/h5,9,13,19H,2-4,6-8,10-11H2,1H3. The Morgan fingerprint density at radius 3 is 3.19 bits per heavy atom. The molecule has 0 spiro atoms. The number of fused-ring (bicyclic) bond motifs is 1. The molecule has 0 aromatic carbocycles. The summed E-state index contributed by atoms with van der Waals surface area (Å²) in [6, 6.07) is 1.96. The van der Waals surface area contributed by atoms with Crippen LogP contribution in [0.5, 0.6) is 0 Å². The summed E-state index contributed by atoms with van der Waals surface area (Å²) in [5.41, 5.74) is 0.441. The first kappa shape index (κ1) is 15.0. The van der Waals surface area contributed by atoms with Crippen LogP contribution in [0.4, 0.5) is 0 Å². The third kappa shape index (κ3) is 2.87. The monoisotopic (exact) mass is 309 g/mol. The van der Waals surface area contributed by atoms with Crippen LogP contribution in [0.25, 0.3) is 0 Å². The molecule has 1 amide bonds. The highest BCUT2D eigenvalue weighted by Gasteiger charge is 2.44. The Morgan fingerprint density at radius 1 is 1.52 bits per heavy atom. The maximum atomic E-state index is 12.7. The van der Waals surface area contributed by atoms with Gasteiger partial charge in [-0.05, 0) is 30.7 Å². The summed E-state index contributed by atoms with van der Waals surface area (Å²) in [5.74, 6) is 0.347. The SMILES string of the molecule is COCc1ccsc1C(=O)N1CCC2(O)CCCCC2C1. The van der Waals surface area contributed by atoms with Gasteiger partial charge in [-0.15, -0.1) is 11.3 Å². The van der Waals surface area contributed by atoms with Crippen LogP contribution >= 0.6 is 11.3 Å². The van der Waals surface area contributed by atoms with Crippen molar-refractivity contribution in [3.05, 3.63) is 21.9 Å². The predicted octanol–water partition coefficient (Wildman–Crippen LogP) is 2.66. The third-order valence-electron chi connectivity index (χ3n) is 4.96. The van der Waals surface area contributed by atoms with Crippen LogP contribution in [0.3, 0.4) is 0 Å². The Bertz CT molecular complexity index is 515. The lowest BCUT2D eigenvalue weighted by molar-refractivity contribution is -0.0885. The van der Waals surface area contributed by atoms with Crippen molar-refractivity contribution in [2.24, 2.45) is 5.92 Å². The van der Waals surface area contributed by atoms with Crippen LogP contribution < -0.4 is 0 Å². The molecule has 1 saturated heterocycles. The van der Waals surface area contributed by atoms with E-state index in [2.05, 4.69) is 0 Å². The molecule has 1 aliphatic carbocycles. The number of rotatable bonds is 3. The van der Waals surface area contributed by atoms with Crippen molar-refractivity contribution in [1.29, 1.82) is 0 Å². The second kappa shape index (κ2) is 6.07. The molecule has 2 atom stereocenters. The van der Waals surface area contributed by atoms with Gasteiger partial charge in [-0.2, -0.15) is 0 Å². The van der Waals surface area contributed by atoms with Crippen LogP contribution in [0.1, 0.15) is 47.3 Å². The molecule has 2 aliphatic rings. The molecule has 1 saturated carbocycles. The van der Waals surface area contributed by atoms with Gasteiger partial charge in [0.15, 0.2) is 0 Å². The van der Waals surface area contributed by atoms with E-state index in [0.29, 0.717) is 26.1 Å². The van der Waals surface area contributed by atoms with Crippen LogP contribution in [0.2, 0.25) is 0 Å². The number of hydrogen-bond donors (Lipinski definition) is 1. The topological polar surface area (TPSA) is 49.8 Å². The highest BCUT2D eigenvalue weighted by atomic mass is 32.1. The van der Waals surface area contributed by atoms with E-state index in [9.17, 15) is 9.90 Å². The van der Waals surface area contributed by atoms with Crippen molar-refractivity contribution in [2.45, 2.75) is 44.3 Å². The smallest absolute Gasteiger partial charge is 0.264 e. The molecule has 0 bridgehead atoms. The Balaban J connectivity index is 1.73. The van der Waals surface area contributed by atoms with Crippen LogP contribution in [0.15, 0.2) is 11.4 Å². The Labute approximate surface area is 129 Å². The Morgan fingerprint density at radius 2 is 2.38 bits per heavy atom. The van der Waals surface area contributed by atoms with Crippen LogP contribution in [-0.2, 0) is 11.3 Å². The van der Waals surface area contributed by atoms with Gasteiger partial charge in [-0.25, -0.2) is 0 Å². The molecule has 1 aromatic heterocycles. The van der Waals surface area contributed by atoms with E-state index >= 15 is 0 Å². The second-order valence-corrected chi connectivity index (χ2v) is 7.17. The van der Waals surface area contributed by atoms with Crippen molar-refractivity contribution < 1.29 is 14.6 Å².